The van der Waals surface area contributed by atoms with E-state index in [-0.39, 0.29) is 23.8 Å². The maximum atomic E-state index is 12.7. The van der Waals surface area contributed by atoms with Gasteiger partial charge in [-0.15, -0.1) is 0 Å². The number of ether oxygens (including phenoxy) is 2. The molecule has 146 valence electrons. The molecule has 8 heteroatoms. The molecule has 1 heterocycles. The first-order chi connectivity index (χ1) is 11.7. The van der Waals surface area contributed by atoms with E-state index in [1.54, 1.807) is 11.8 Å². The van der Waals surface area contributed by atoms with Crippen LogP contribution < -0.4 is 11.1 Å². The highest BCUT2D eigenvalue weighted by atomic mass is 16.7. The summed E-state index contributed by atoms with van der Waals surface area (Å²) in [5, 5.41) is 12.3. The summed E-state index contributed by atoms with van der Waals surface area (Å²) >= 11 is 0. The third-order valence-corrected chi connectivity index (χ3v) is 4.45. The smallest absolute Gasteiger partial charge is 0.243 e. The number of carbonyl (C=O) groups excluding carboxylic acids is 2. The average Bonchev–Trinajstić information content (AvgIpc) is 3.05. The Morgan fingerprint density at radius 3 is 2.52 bits per heavy atom. The number of nitrogens with one attached hydrogen (secondary N) is 1. The fourth-order valence-corrected chi connectivity index (χ4v) is 2.84. The van der Waals surface area contributed by atoms with E-state index in [0.29, 0.717) is 19.6 Å². The van der Waals surface area contributed by atoms with Crippen molar-refractivity contribution in [2.45, 2.75) is 65.0 Å². The molecule has 25 heavy (non-hydrogen) atoms. The van der Waals surface area contributed by atoms with Crippen LogP contribution in [0.2, 0.25) is 0 Å². The maximum absolute atomic E-state index is 12.7. The van der Waals surface area contributed by atoms with Crippen molar-refractivity contribution in [1.29, 1.82) is 0 Å². The van der Waals surface area contributed by atoms with Gasteiger partial charge in [0.05, 0.1) is 12.6 Å². The third-order valence-electron chi connectivity index (χ3n) is 4.45. The summed E-state index contributed by atoms with van der Waals surface area (Å²) in [5.41, 5.74) is 5.69. The Morgan fingerprint density at radius 2 is 2.04 bits per heavy atom. The Kier molecular flexibility index (Phi) is 8.27. The highest BCUT2D eigenvalue weighted by Gasteiger charge is 2.40. The van der Waals surface area contributed by atoms with Crippen molar-refractivity contribution in [3.05, 3.63) is 0 Å². The number of likely N-dealkylation sites (tertiary alicyclic amines) is 1. The lowest BCUT2D eigenvalue weighted by molar-refractivity contribution is -0.155. The van der Waals surface area contributed by atoms with E-state index in [4.69, 9.17) is 15.2 Å². The van der Waals surface area contributed by atoms with Crippen molar-refractivity contribution in [1.82, 2.24) is 10.2 Å². The van der Waals surface area contributed by atoms with E-state index in [2.05, 4.69) is 5.32 Å². The lowest BCUT2D eigenvalue weighted by atomic mass is 9.86. The first kappa shape index (κ1) is 21.8. The molecule has 4 N–H and O–H groups in total. The Labute approximate surface area is 150 Å². The van der Waals surface area contributed by atoms with Gasteiger partial charge in [0, 0.05) is 20.3 Å². The molecule has 0 radical (unpaired) electrons. The van der Waals surface area contributed by atoms with Gasteiger partial charge >= 0.3 is 0 Å². The Morgan fingerprint density at radius 1 is 1.40 bits per heavy atom. The van der Waals surface area contributed by atoms with Gasteiger partial charge in [-0.25, -0.2) is 0 Å². The van der Waals surface area contributed by atoms with Gasteiger partial charge in [-0.1, -0.05) is 20.8 Å². The second kappa shape index (κ2) is 9.47. The SMILES string of the molecule is CCO[C@H](OC)[C@H](CO)NC(=O)[C@@H]1CCCN1C(=O)[C@@H](N)C(C)(C)C. The number of rotatable bonds is 8. The third kappa shape index (κ3) is 5.64. The van der Waals surface area contributed by atoms with Crippen LogP contribution in [-0.4, -0.2) is 73.1 Å². The fourth-order valence-electron chi connectivity index (χ4n) is 2.84. The quantitative estimate of drug-likeness (QED) is 0.519. The molecule has 1 aliphatic heterocycles. The van der Waals surface area contributed by atoms with Gasteiger partial charge in [-0.2, -0.15) is 0 Å². The predicted octanol–water partition coefficient (Wildman–Crippen LogP) is -0.163. The minimum absolute atomic E-state index is 0.223. The van der Waals surface area contributed by atoms with Crippen LogP contribution >= 0.6 is 0 Å². The van der Waals surface area contributed by atoms with Gasteiger partial charge in [-0.05, 0) is 25.2 Å². The van der Waals surface area contributed by atoms with Gasteiger partial charge in [-0.3, -0.25) is 9.59 Å². The molecule has 0 aliphatic carbocycles. The van der Waals surface area contributed by atoms with Crippen LogP contribution in [0.15, 0.2) is 0 Å². The molecular formula is C17H33N3O5. The number of carbonyl (C=O) groups is 2. The van der Waals surface area contributed by atoms with Crippen LogP contribution in [0.5, 0.6) is 0 Å². The highest BCUT2D eigenvalue weighted by molar-refractivity contribution is 5.90. The van der Waals surface area contributed by atoms with Gasteiger partial charge in [0.1, 0.15) is 12.1 Å². The first-order valence-electron chi connectivity index (χ1n) is 8.79. The predicted molar refractivity (Wildman–Crippen MR) is 93.6 cm³/mol. The van der Waals surface area contributed by atoms with Crippen molar-refractivity contribution in [2.24, 2.45) is 11.1 Å². The van der Waals surface area contributed by atoms with Crippen LogP contribution in [-0.2, 0) is 19.1 Å². The summed E-state index contributed by atoms with van der Waals surface area (Å²) in [5.74, 6) is -0.549. The zero-order valence-electron chi connectivity index (χ0n) is 15.9. The van der Waals surface area contributed by atoms with Crippen LogP contribution in [0.1, 0.15) is 40.5 Å². The lowest BCUT2D eigenvalue weighted by Crippen LogP contribution is -2.57. The van der Waals surface area contributed by atoms with E-state index in [0.717, 1.165) is 6.42 Å². The average molecular weight is 359 g/mol. The van der Waals surface area contributed by atoms with Crippen LogP contribution in [0, 0.1) is 5.41 Å². The standard InChI is InChI=1S/C17H33N3O5/c1-6-25-16(24-5)11(10-21)19-14(22)12-8-7-9-20(12)15(23)13(18)17(2,3)4/h11-13,16,21H,6-10,18H2,1-5H3,(H,19,22)/t11-,12-,13+,16-/m0/s1. The molecular weight excluding hydrogens is 326 g/mol. The molecule has 0 bridgehead atoms. The normalized spacial score (nSPS) is 21.7. The highest BCUT2D eigenvalue weighted by Crippen LogP contribution is 2.24. The Bertz CT molecular complexity index is 452. The monoisotopic (exact) mass is 359 g/mol. The van der Waals surface area contributed by atoms with E-state index < -0.39 is 24.4 Å². The number of nitrogens with two attached hydrogens (primary N) is 1. The van der Waals surface area contributed by atoms with Gasteiger partial charge in [0.15, 0.2) is 6.29 Å². The molecule has 8 nitrogen and oxygen atoms in total. The van der Waals surface area contributed by atoms with Gasteiger partial charge < -0.3 is 30.5 Å². The van der Waals surface area contributed by atoms with Crippen molar-refractivity contribution in [3.63, 3.8) is 0 Å². The van der Waals surface area contributed by atoms with E-state index >= 15 is 0 Å². The first-order valence-corrected chi connectivity index (χ1v) is 8.79. The second-order valence-electron chi connectivity index (χ2n) is 7.39. The topological polar surface area (TPSA) is 114 Å². The lowest BCUT2D eigenvalue weighted by Gasteiger charge is -2.33. The molecule has 0 unspecified atom stereocenters. The molecule has 0 aromatic rings. The Hall–Kier alpha value is -1.22. The zero-order valence-corrected chi connectivity index (χ0v) is 15.9. The van der Waals surface area contributed by atoms with Gasteiger partial charge in [0.25, 0.3) is 0 Å². The van der Waals surface area contributed by atoms with Crippen LogP contribution in [0.3, 0.4) is 0 Å². The molecule has 1 saturated heterocycles. The number of amides is 2. The fraction of sp³-hybridized carbons (Fsp3) is 0.882. The molecule has 0 aromatic carbocycles. The summed E-state index contributed by atoms with van der Waals surface area (Å²) in [4.78, 5) is 26.9. The van der Waals surface area contributed by atoms with Gasteiger partial charge in [0.2, 0.25) is 11.8 Å². The summed E-state index contributed by atoms with van der Waals surface area (Å²) in [6.45, 7) is 8.05. The maximum Gasteiger partial charge on any atom is 0.243 e. The van der Waals surface area contributed by atoms with Crippen LogP contribution in [0.25, 0.3) is 0 Å². The number of methoxy groups -OCH3 is 1. The molecule has 1 rings (SSSR count). The van der Waals surface area contributed by atoms with Crippen molar-refractivity contribution in [3.8, 4) is 0 Å². The van der Waals surface area contributed by atoms with E-state index in [9.17, 15) is 14.7 Å². The van der Waals surface area contributed by atoms with Crippen molar-refractivity contribution >= 4 is 11.8 Å². The largest absolute Gasteiger partial charge is 0.394 e. The summed E-state index contributed by atoms with van der Waals surface area (Å²) < 4.78 is 10.5. The molecule has 0 spiro atoms. The molecule has 1 fully saturated rings. The zero-order chi connectivity index (χ0) is 19.2. The van der Waals surface area contributed by atoms with E-state index in [1.807, 2.05) is 20.8 Å². The molecule has 0 aromatic heterocycles. The number of hydrogen-bond donors (Lipinski definition) is 3. The molecule has 4 atom stereocenters. The number of hydrogen-bond acceptors (Lipinski definition) is 6. The molecule has 1 aliphatic rings. The Balaban J connectivity index is 2.80. The number of nitrogens with zero attached hydrogens (tertiary/aromatic N) is 1. The summed E-state index contributed by atoms with van der Waals surface area (Å²) in [7, 11) is 1.45. The summed E-state index contributed by atoms with van der Waals surface area (Å²) in [6.07, 6.45) is 0.559. The van der Waals surface area contributed by atoms with Crippen molar-refractivity contribution < 1.29 is 24.2 Å². The second-order valence-corrected chi connectivity index (χ2v) is 7.39. The minimum Gasteiger partial charge on any atom is -0.394 e. The number of aliphatic hydroxyl groups excluding tert-OH is 1. The minimum atomic E-state index is -0.749. The van der Waals surface area contributed by atoms with E-state index in [1.165, 1.54) is 7.11 Å². The molecule has 2 amide bonds. The molecule has 0 saturated carbocycles. The van der Waals surface area contributed by atoms with Crippen molar-refractivity contribution in [2.75, 3.05) is 26.9 Å². The number of aliphatic hydroxyl groups is 1. The summed E-state index contributed by atoms with van der Waals surface area (Å²) in [6, 6.07) is -1.97. The van der Waals surface area contributed by atoms with Crippen LogP contribution in [0.4, 0.5) is 0 Å².